The van der Waals surface area contributed by atoms with E-state index in [9.17, 15) is 29.4 Å². The van der Waals surface area contributed by atoms with Crippen molar-refractivity contribution in [2.45, 2.75) is 52.7 Å². The molecule has 0 aliphatic heterocycles. The molecule has 2 atom stereocenters. The normalized spacial score (nSPS) is 12.9. The number of aliphatic carboxylic acids is 2. The molecule has 0 rings (SSSR count). The van der Waals surface area contributed by atoms with Gasteiger partial charge in [0.2, 0.25) is 11.8 Å². The number of aliphatic hydroxyl groups excluding tert-OH is 4. The quantitative estimate of drug-likeness (QED) is 0.138. The van der Waals surface area contributed by atoms with Crippen molar-refractivity contribution >= 4 is 61.5 Å². The third-order valence-corrected chi connectivity index (χ3v) is 4.07. The van der Waals surface area contributed by atoms with Crippen LogP contribution in [0.2, 0.25) is 0 Å². The fraction of sp³-hybridized carbons (Fsp3) is 0.778. The number of amides is 2. The van der Waals surface area contributed by atoms with E-state index in [-0.39, 0.29) is 76.9 Å². The molecule has 0 fully saturated rings. The predicted molar refractivity (Wildman–Crippen MR) is 110 cm³/mol. The van der Waals surface area contributed by atoms with Crippen molar-refractivity contribution in [2.24, 2.45) is 10.8 Å². The van der Waals surface area contributed by atoms with E-state index in [1.54, 1.807) is 0 Å². The monoisotopic (exact) mass is 478 g/mol. The molecule has 2 radical (unpaired) electrons. The van der Waals surface area contributed by atoms with Crippen molar-refractivity contribution in [3.63, 3.8) is 0 Å². The Labute approximate surface area is 211 Å². The van der Waals surface area contributed by atoms with Crippen LogP contribution in [0, 0.1) is 10.8 Å². The minimum Gasteiger partial charge on any atom is -0.481 e. The molecule has 8 N–H and O–H groups in total. The van der Waals surface area contributed by atoms with Gasteiger partial charge in [-0.2, -0.15) is 0 Å². The summed E-state index contributed by atoms with van der Waals surface area (Å²) in [5.41, 5.74) is -1.87. The second-order valence-electron chi connectivity index (χ2n) is 7.97. The summed E-state index contributed by atoms with van der Waals surface area (Å²) < 4.78 is 0. The molecule has 0 heterocycles. The van der Waals surface area contributed by atoms with Gasteiger partial charge in [-0.3, -0.25) is 19.2 Å². The van der Waals surface area contributed by atoms with Crippen molar-refractivity contribution in [3.05, 3.63) is 0 Å². The molecule has 0 aliphatic rings. The molecule has 0 unspecified atom stereocenters. The molecule has 0 saturated heterocycles. The first-order chi connectivity index (χ1) is 13.6. The average Bonchev–Trinajstić information content (AvgIpc) is 2.66. The zero-order chi connectivity index (χ0) is 24.1. The number of aliphatic hydroxyl groups is 4. The Kier molecular flexibility index (Phi) is 18.5. The Morgan fingerprint density at radius 3 is 1.16 bits per heavy atom. The number of carbonyl (C=O) groups excluding carboxylic acids is 2. The molecule has 0 bridgehead atoms. The molecule has 178 valence electrons. The van der Waals surface area contributed by atoms with Gasteiger partial charge in [0.15, 0.2) is 0 Å². The Balaban J connectivity index is -0.000000490. The van der Waals surface area contributed by atoms with E-state index in [0.29, 0.717) is 0 Å². The molecule has 0 aromatic rings. The molecule has 0 spiro atoms. The third-order valence-electron chi connectivity index (χ3n) is 4.07. The summed E-state index contributed by atoms with van der Waals surface area (Å²) in [7, 11) is 0. The summed E-state index contributed by atoms with van der Waals surface area (Å²) in [5.74, 6) is -3.39. The van der Waals surface area contributed by atoms with Gasteiger partial charge < -0.3 is 41.3 Å². The van der Waals surface area contributed by atoms with Crippen LogP contribution in [0.5, 0.6) is 0 Å². The Morgan fingerprint density at radius 2 is 0.968 bits per heavy atom. The molecule has 31 heavy (non-hydrogen) atoms. The molecule has 0 aromatic carbocycles. The third kappa shape index (κ3) is 15.4. The van der Waals surface area contributed by atoms with Gasteiger partial charge in [0.25, 0.3) is 0 Å². The number of nitrogens with one attached hydrogen (secondary N) is 2. The number of carboxylic acids is 2. The van der Waals surface area contributed by atoms with Crippen molar-refractivity contribution in [3.8, 4) is 0 Å². The Hall–Kier alpha value is -1.02. The molecule has 0 aromatic heterocycles. The van der Waals surface area contributed by atoms with E-state index in [4.69, 9.17) is 20.4 Å². The van der Waals surface area contributed by atoms with Crippen molar-refractivity contribution < 1.29 is 49.8 Å². The first kappa shape index (κ1) is 34.6. The molecule has 12 nitrogen and oxygen atoms in total. The molecule has 2 amide bonds. The summed E-state index contributed by atoms with van der Waals surface area (Å²) >= 11 is 0. The minimum absolute atomic E-state index is 0. The minimum atomic E-state index is -1.35. The largest absolute Gasteiger partial charge is 0.481 e. The van der Waals surface area contributed by atoms with E-state index < -0.39 is 46.8 Å². The SMILES string of the molecule is CC(C)(CO)[C@H](O)C(=O)NCCC(=O)O.CC(C)(CO)[C@H](O)C(=O)NCCC(=O)O.[Ca]. The first-order valence-electron chi connectivity index (χ1n) is 9.19. The topological polar surface area (TPSA) is 214 Å². The van der Waals surface area contributed by atoms with Crippen LogP contribution < -0.4 is 10.6 Å². The van der Waals surface area contributed by atoms with Gasteiger partial charge in [0.05, 0.1) is 26.1 Å². The number of carbonyl (C=O) groups is 4. The summed E-state index contributed by atoms with van der Waals surface area (Å²) in [6, 6.07) is 0. The Bertz CT molecular complexity index is 534. The number of carboxylic acid groups (broad SMARTS) is 2. The molecule has 13 heteroatoms. The summed E-state index contributed by atoms with van der Waals surface area (Å²) in [4.78, 5) is 42.8. The van der Waals surface area contributed by atoms with Crippen LogP contribution in [0.3, 0.4) is 0 Å². The summed E-state index contributed by atoms with van der Waals surface area (Å²) in [6.07, 6.45) is -3.09. The zero-order valence-electron chi connectivity index (χ0n) is 18.4. The van der Waals surface area contributed by atoms with Gasteiger partial charge in [-0.15, -0.1) is 0 Å². The van der Waals surface area contributed by atoms with Gasteiger partial charge in [-0.05, 0) is 0 Å². The van der Waals surface area contributed by atoms with Gasteiger partial charge in [-0.1, -0.05) is 27.7 Å². The smallest absolute Gasteiger partial charge is 0.305 e. The van der Waals surface area contributed by atoms with Gasteiger partial charge >= 0.3 is 11.9 Å². The maximum absolute atomic E-state index is 11.3. The average molecular weight is 479 g/mol. The van der Waals surface area contributed by atoms with Crippen LogP contribution in [-0.4, -0.2) is 131 Å². The van der Waals surface area contributed by atoms with Crippen LogP contribution in [0.15, 0.2) is 0 Å². The van der Waals surface area contributed by atoms with Crippen LogP contribution in [0.4, 0.5) is 0 Å². The second kappa shape index (κ2) is 16.6. The maximum Gasteiger partial charge on any atom is 0.305 e. The standard InChI is InChI=1S/2C9H17NO5.Ca/c2*1-9(2,5-11)7(14)8(15)10-4-3-6(12)13;/h2*7,11,14H,3-5H2,1-2H3,(H,10,15)(H,12,13);/t2*7-;/m11./s1. The van der Waals surface area contributed by atoms with E-state index in [1.165, 1.54) is 27.7 Å². The van der Waals surface area contributed by atoms with Crippen LogP contribution >= 0.6 is 0 Å². The molecule has 0 saturated carbocycles. The number of hydrogen-bond acceptors (Lipinski definition) is 8. The van der Waals surface area contributed by atoms with Crippen LogP contribution in [-0.2, 0) is 19.2 Å². The molecule has 0 aliphatic carbocycles. The van der Waals surface area contributed by atoms with Crippen molar-refractivity contribution in [2.75, 3.05) is 26.3 Å². The van der Waals surface area contributed by atoms with Gasteiger partial charge in [0.1, 0.15) is 12.2 Å². The van der Waals surface area contributed by atoms with Crippen LogP contribution in [0.1, 0.15) is 40.5 Å². The number of rotatable bonds is 12. The van der Waals surface area contributed by atoms with E-state index in [2.05, 4.69) is 10.6 Å². The fourth-order valence-corrected chi connectivity index (χ4v) is 1.66. The maximum atomic E-state index is 11.3. The van der Waals surface area contributed by atoms with E-state index in [0.717, 1.165) is 0 Å². The molecular weight excluding hydrogens is 444 g/mol. The van der Waals surface area contributed by atoms with Gasteiger partial charge in [-0.25, -0.2) is 0 Å². The second-order valence-corrected chi connectivity index (χ2v) is 7.97. The Morgan fingerprint density at radius 1 is 0.710 bits per heavy atom. The predicted octanol–water partition coefficient (Wildman–Crippen LogP) is -2.47. The van der Waals surface area contributed by atoms with Crippen LogP contribution in [0.25, 0.3) is 0 Å². The van der Waals surface area contributed by atoms with Crippen molar-refractivity contribution in [1.82, 2.24) is 10.6 Å². The van der Waals surface area contributed by atoms with E-state index in [1.807, 2.05) is 0 Å². The van der Waals surface area contributed by atoms with E-state index >= 15 is 0 Å². The number of hydrogen-bond donors (Lipinski definition) is 8. The summed E-state index contributed by atoms with van der Waals surface area (Å²) in [5, 5.41) is 57.9. The first-order valence-corrected chi connectivity index (χ1v) is 9.19. The van der Waals surface area contributed by atoms with Crippen molar-refractivity contribution in [1.29, 1.82) is 0 Å². The zero-order valence-corrected chi connectivity index (χ0v) is 20.6. The van der Waals surface area contributed by atoms with Gasteiger partial charge in [0, 0.05) is 61.7 Å². The fourth-order valence-electron chi connectivity index (χ4n) is 1.66. The molecular formula is C18H34CaN2O10. The summed E-state index contributed by atoms with van der Waals surface area (Å²) in [6.45, 7) is 5.41.